The van der Waals surface area contributed by atoms with Crippen LogP contribution in [-0.2, 0) is 5.44 Å². The fraction of sp³-hybridized carbons (Fsp3) is 0.148. The van der Waals surface area contributed by atoms with Crippen molar-refractivity contribution in [2.75, 3.05) is 10.6 Å². The quantitative estimate of drug-likeness (QED) is 0.132. The average Bonchev–Trinajstić information content (AvgIpc) is 3.69. The highest BCUT2D eigenvalue weighted by atomic mass is 35.5. The Balaban J connectivity index is 1.48. The molecule has 2 aromatic carbocycles. The first-order chi connectivity index (χ1) is 19.7. The lowest BCUT2D eigenvalue weighted by molar-refractivity contribution is 0.260. The van der Waals surface area contributed by atoms with Crippen molar-refractivity contribution < 1.29 is 13.2 Å². The van der Waals surface area contributed by atoms with Crippen LogP contribution < -0.4 is 21.6 Å². The molecule has 1 saturated carbocycles. The van der Waals surface area contributed by atoms with E-state index in [-0.39, 0.29) is 21.3 Å². The van der Waals surface area contributed by atoms with Gasteiger partial charge in [0.2, 0.25) is 5.95 Å². The molecular formula is C27H20BCl2F3N8. The van der Waals surface area contributed by atoms with Crippen molar-refractivity contribution in [3.63, 3.8) is 0 Å². The third kappa shape index (κ3) is 4.97. The van der Waals surface area contributed by atoms with Crippen molar-refractivity contribution >= 4 is 59.0 Å². The maximum atomic E-state index is 14.8. The molecule has 206 valence electrons. The van der Waals surface area contributed by atoms with E-state index < -0.39 is 28.7 Å². The van der Waals surface area contributed by atoms with Crippen LogP contribution in [0.15, 0.2) is 60.7 Å². The van der Waals surface area contributed by atoms with Gasteiger partial charge in [0.15, 0.2) is 5.82 Å². The van der Waals surface area contributed by atoms with E-state index in [0.29, 0.717) is 28.2 Å². The number of nitrogens with one attached hydrogen (secondary N) is 4. The van der Waals surface area contributed by atoms with E-state index in [4.69, 9.17) is 23.2 Å². The van der Waals surface area contributed by atoms with Crippen molar-refractivity contribution in [1.29, 1.82) is 5.26 Å². The van der Waals surface area contributed by atoms with Crippen LogP contribution in [0.25, 0.3) is 10.9 Å². The lowest BCUT2D eigenvalue weighted by Crippen LogP contribution is -2.45. The maximum Gasteiger partial charge on any atom is 0.212 e. The first kappa shape index (κ1) is 27.0. The van der Waals surface area contributed by atoms with Gasteiger partial charge in [-0.2, -0.15) is 9.65 Å². The fourth-order valence-electron chi connectivity index (χ4n) is 4.71. The summed E-state index contributed by atoms with van der Waals surface area (Å²) in [4.78, 5) is 8.15. The molecular weight excluding hydrogens is 575 g/mol. The van der Waals surface area contributed by atoms with Gasteiger partial charge in [-0.05, 0) is 48.7 Å². The highest BCUT2D eigenvalue weighted by molar-refractivity contribution is 6.36. The first-order valence-corrected chi connectivity index (χ1v) is 13.3. The molecule has 1 aliphatic carbocycles. The summed E-state index contributed by atoms with van der Waals surface area (Å²) in [5.41, 5.74) is 7.08. The largest absolute Gasteiger partial charge is 0.378 e. The number of hydrazine groups is 2. The minimum absolute atomic E-state index is 0.0273. The van der Waals surface area contributed by atoms with Gasteiger partial charge in [-0.1, -0.05) is 29.3 Å². The zero-order valence-electron chi connectivity index (χ0n) is 21.4. The van der Waals surface area contributed by atoms with Crippen LogP contribution in [0.2, 0.25) is 10.0 Å². The molecule has 1 atom stereocenters. The first-order valence-electron chi connectivity index (χ1n) is 12.5. The Kier molecular flexibility index (Phi) is 6.81. The van der Waals surface area contributed by atoms with Crippen molar-refractivity contribution in [2.24, 2.45) is 0 Å². The number of hydrogen-bond acceptors (Lipinski definition) is 8. The van der Waals surface area contributed by atoms with E-state index >= 15 is 0 Å². The van der Waals surface area contributed by atoms with E-state index in [1.165, 1.54) is 18.5 Å². The van der Waals surface area contributed by atoms with Gasteiger partial charge in [-0.15, -0.1) is 5.53 Å². The van der Waals surface area contributed by atoms with Gasteiger partial charge >= 0.3 is 0 Å². The Morgan fingerprint density at radius 1 is 1.05 bits per heavy atom. The standard InChI is InChI=1S/C27H20BCl2F3N8/c28-27(14-1-6-22(32)35-11-14,21-12-41(40-39-21)16-2-3-16)38-15-7-17-24(13(9-34)10-36-25(17)19(30)8-15)37-26-20(31)5-4-18(29)23(26)33/h1,4-8,10-12,16,38-40H,2-3,28H2,(H,36,37). The number of rotatable bonds is 7. The van der Waals surface area contributed by atoms with Crippen LogP contribution in [0.5, 0.6) is 0 Å². The highest BCUT2D eigenvalue weighted by Crippen LogP contribution is 2.39. The SMILES string of the molecule is BC(Nc1cc(Cl)c2ncc(C#N)c(Nc3c(F)ccc(Cl)c3F)c2c1)(C1=CN(C2CC2)NN1)c1ccc(F)nc1. The number of nitriles is 1. The summed E-state index contributed by atoms with van der Waals surface area (Å²) in [6.45, 7) is 0. The second-order valence-corrected chi connectivity index (χ2v) is 10.7. The second-order valence-electron chi connectivity index (χ2n) is 9.89. The smallest absolute Gasteiger partial charge is 0.212 e. The van der Waals surface area contributed by atoms with E-state index in [1.807, 2.05) is 25.1 Å². The molecule has 2 aromatic heterocycles. The number of benzene rings is 2. The van der Waals surface area contributed by atoms with Gasteiger partial charge in [0.1, 0.15) is 25.4 Å². The summed E-state index contributed by atoms with van der Waals surface area (Å²) in [7, 11) is 1.89. The highest BCUT2D eigenvalue weighted by Gasteiger charge is 2.38. The Labute approximate surface area is 243 Å². The van der Waals surface area contributed by atoms with E-state index in [1.54, 1.807) is 18.2 Å². The molecule has 0 saturated heterocycles. The number of anilines is 3. The van der Waals surface area contributed by atoms with Gasteiger partial charge < -0.3 is 16.1 Å². The van der Waals surface area contributed by atoms with Crippen molar-refractivity contribution in [2.45, 2.75) is 24.3 Å². The molecule has 0 bridgehead atoms. The van der Waals surface area contributed by atoms with E-state index in [0.717, 1.165) is 30.7 Å². The maximum absolute atomic E-state index is 14.8. The molecule has 0 amide bonds. The number of fused-ring (bicyclic) bond motifs is 1. The lowest BCUT2D eigenvalue weighted by atomic mass is 9.70. The predicted octanol–water partition coefficient (Wildman–Crippen LogP) is 5.20. The number of aromatic nitrogens is 2. The number of hydrogen-bond donors (Lipinski definition) is 4. The zero-order valence-corrected chi connectivity index (χ0v) is 22.9. The Morgan fingerprint density at radius 3 is 2.56 bits per heavy atom. The minimum atomic E-state index is -1.01. The molecule has 4 aromatic rings. The molecule has 0 radical (unpaired) electrons. The van der Waals surface area contributed by atoms with Crippen LogP contribution in [-0.4, -0.2) is 28.9 Å². The van der Waals surface area contributed by atoms with Crippen molar-refractivity contribution in [1.82, 2.24) is 25.9 Å². The molecule has 1 aliphatic heterocycles. The van der Waals surface area contributed by atoms with Gasteiger partial charge in [0, 0.05) is 35.7 Å². The minimum Gasteiger partial charge on any atom is -0.378 e. The molecule has 14 heteroatoms. The summed E-state index contributed by atoms with van der Waals surface area (Å²) >= 11 is 12.5. The summed E-state index contributed by atoms with van der Waals surface area (Å²) in [5.74, 6) is -2.53. The molecule has 4 N–H and O–H groups in total. The third-order valence-electron chi connectivity index (χ3n) is 7.11. The molecule has 0 spiro atoms. The number of nitrogens with zero attached hydrogens (tertiary/aromatic N) is 4. The van der Waals surface area contributed by atoms with Crippen LogP contribution in [0, 0.1) is 28.9 Å². The second kappa shape index (κ2) is 10.3. The van der Waals surface area contributed by atoms with Gasteiger partial charge in [0.05, 0.1) is 37.9 Å². The molecule has 2 aliphatic rings. The van der Waals surface area contributed by atoms with Crippen molar-refractivity contribution in [3.05, 3.63) is 99.4 Å². The monoisotopic (exact) mass is 594 g/mol. The van der Waals surface area contributed by atoms with Crippen LogP contribution in [0.3, 0.4) is 0 Å². The number of pyridine rings is 2. The number of halogens is 5. The van der Waals surface area contributed by atoms with Gasteiger partial charge in [-0.3, -0.25) is 9.99 Å². The summed E-state index contributed by atoms with van der Waals surface area (Å²) in [5, 5.41) is 18.2. The zero-order chi connectivity index (χ0) is 28.9. The molecule has 1 fully saturated rings. The third-order valence-corrected chi connectivity index (χ3v) is 7.69. The van der Waals surface area contributed by atoms with E-state index in [2.05, 4.69) is 31.6 Å². The Bertz CT molecular complexity index is 1760. The molecule has 1 unspecified atom stereocenters. The summed E-state index contributed by atoms with van der Waals surface area (Å²) < 4.78 is 43.2. The Morgan fingerprint density at radius 2 is 1.85 bits per heavy atom. The Hall–Kier alpha value is -4.18. The van der Waals surface area contributed by atoms with Crippen LogP contribution in [0.1, 0.15) is 24.0 Å². The van der Waals surface area contributed by atoms with Gasteiger partial charge in [-0.25, -0.2) is 13.8 Å². The van der Waals surface area contributed by atoms with Crippen molar-refractivity contribution in [3.8, 4) is 6.07 Å². The molecule has 8 nitrogen and oxygen atoms in total. The normalized spacial score (nSPS) is 16.1. The van der Waals surface area contributed by atoms with Gasteiger partial charge in [0.25, 0.3) is 0 Å². The topological polar surface area (TPSA) is 101 Å². The fourth-order valence-corrected chi connectivity index (χ4v) is 5.13. The van der Waals surface area contributed by atoms with Crippen LogP contribution in [0.4, 0.5) is 30.2 Å². The predicted molar refractivity (Wildman–Crippen MR) is 153 cm³/mol. The lowest BCUT2D eigenvalue weighted by Gasteiger charge is -2.33. The molecule has 3 heterocycles. The molecule has 41 heavy (non-hydrogen) atoms. The summed E-state index contributed by atoms with van der Waals surface area (Å²) in [6, 6.07) is 10.7. The average molecular weight is 595 g/mol. The van der Waals surface area contributed by atoms with Crippen LogP contribution >= 0.6 is 23.2 Å². The van der Waals surface area contributed by atoms with E-state index in [9.17, 15) is 18.4 Å². The molecule has 6 rings (SSSR count). The summed E-state index contributed by atoms with van der Waals surface area (Å²) in [6.07, 6.45) is 6.74.